The smallest absolute Gasteiger partial charge is 0.255 e. The van der Waals surface area contributed by atoms with Gasteiger partial charge in [-0.2, -0.15) is 11.8 Å². The van der Waals surface area contributed by atoms with Gasteiger partial charge in [0.25, 0.3) is 5.91 Å². The zero-order valence-corrected chi connectivity index (χ0v) is 13.0. The zero-order valence-electron chi connectivity index (χ0n) is 10.6. The summed E-state index contributed by atoms with van der Waals surface area (Å²) >= 11 is 5.15. The fraction of sp³-hybridized carbons (Fsp3) is 0.500. The molecule has 0 saturated heterocycles. The van der Waals surface area contributed by atoms with Gasteiger partial charge in [0.1, 0.15) is 5.82 Å². The number of hydrogen-bond acceptors (Lipinski definition) is 4. The Hall–Kier alpha value is -0.750. The lowest BCUT2D eigenvalue weighted by Gasteiger charge is -2.14. The van der Waals surface area contributed by atoms with Crippen molar-refractivity contribution in [1.82, 2.24) is 10.3 Å². The molecule has 0 aliphatic carbocycles. The summed E-state index contributed by atoms with van der Waals surface area (Å²) in [6, 6.07) is 1.82. The summed E-state index contributed by atoms with van der Waals surface area (Å²) in [5, 5.41) is 2.93. The molecule has 1 amide bonds. The van der Waals surface area contributed by atoms with Crippen LogP contribution < -0.4 is 11.1 Å². The lowest BCUT2D eigenvalue weighted by Crippen LogP contribution is -2.33. The van der Waals surface area contributed by atoms with Gasteiger partial charge in [0.2, 0.25) is 0 Å². The SMILES string of the molecule is CCSCCC(C)NC(=O)c1cc(Br)cnc1N. The maximum absolute atomic E-state index is 12.0. The second-order valence-electron chi connectivity index (χ2n) is 3.95. The molecule has 0 spiro atoms. The number of anilines is 1. The summed E-state index contributed by atoms with van der Waals surface area (Å²) in [4.78, 5) is 16.0. The quantitative estimate of drug-likeness (QED) is 0.786. The van der Waals surface area contributed by atoms with Crippen LogP contribution >= 0.6 is 27.7 Å². The summed E-state index contributed by atoms with van der Waals surface area (Å²) in [6.07, 6.45) is 2.53. The van der Waals surface area contributed by atoms with Gasteiger partial charge >= 0.3 is 0 Å². The van der Waals surface area contributed by atoms with Gasteiger partial charge in [-0.25, -0.2) is 4.98 Å². The molecule has 1 heterocycles. The van der Waals surface area contributed by atoms with Crippen LogP contribution in [0.15, 0.2) is 16.7 Å². The van der Waals surface area contributed by atoms with E-state index in [0.29, 0.717) is 5.56 Å². The van der Waals surface area contributed by atoms with Crippen LogP contribution in [0, 0.1) is 0 Å². The first-order valence-electron chi connectivity index (χ1n) is 5.84. The van der Waals surface area contributed by atoms with Gasteiger partial charge in [0.05, 0.1) is 5.56 Å². The molecule has 1 rings (SSSR count). The Balaban J connectivity index is 2.56. The highest BCUT2D eigenvalue weighted by atomic mass is 79.9. The number of nitrogens with two attached hydrogens (primary N) is 1. The Morgan fingerprint density at radius 3 is 3.06 bits per heavy atom. The first-order chi connectivity index (χ1) is 8.54. The van der Waals surface area contributed by atoms with Crippen molar-refractivity contribution in [3.63, 3.8) is 0 Å². The van der Waals surface area contributed by atoms with Gasteiger partial charge in [-0.15, -0.1) is 0 Å². The normalized spacial score (nSPS) is 12.2. The summed E-state index contributed by atoms with van der Waals surface area (Å²) in [6.45, 7) is 4.12. The third-order valence-electron chi connectivity index (χ3n) is 2.41. The van der Waals surface area contributed by atoms with Crippen molar-refractivity contribution in [1.29, 1.82) is 0 Å². The number of halogens is 1. The van der Waals surface area contributed by atoms with Crippen LogP contribution in [0.3, 0.4) is 0 Å². The van der Waals surface area contributed by atoms with E-state index in [9.17, 15) is 4.79 Å². The van der Waals surface area contributed by atoms with Crippen molar-refractivity contribution in [2.45, 2.75) is 26.3 Å². The molecule has 4 nitrogen and oxygen atoms in total. The van der Waals surface area contributed by atoms with Crippen LogP contribution in [0.25, 0.3) is 0 Å². The fourth-order valence-electron chi connectivity index (χ4n) is 1.41. The molecule has 3 N–H and O–H groups in total. The van der Waals surface area contributed by atoms with Crippen molar-refractivity contribution in [2.75, 3.05) is 17.2 Å². The largest absolute Gasteiger partial charge is 0.383 e. The number of hydrogen-bond donors (Lipinski definition) is 2. The molecule has 1 atom stereocenters. The van der Waals surface area contributed by atoms with Crippen LogP contribution in [-0.4, -0.2) is 28.4 Å². The molecule has 1 aromatic heterocycles. The third kappa shape index (κ3) is 4.86. The standard InChI is InChI=1S/C12H18BrN3OS/c1-3-18-5-4-8(2)16-12(17)10-6-9(13)7-15-11(10)14/h6-8H,3-5H2,1-2H3,(H2,14,15)(H,16,17). The number of nitrogens with one attached hydrogen (secondary N) is 1. The zero-order chi connectivity index (χ0) is 13.5. The van der Waals surface area contributed by atoms with Crippen LogP contribution in [-0.2, 0) is 0 Å². The number of carbonyl (C=O) groups excluding carboxylic acids is 1. The second kappa shape index (κ2) is 7.63. The number of thioether (sulfide) groups is 1. The molecular formula is C12H18BrN3OS. The van der Waals surface area contributed by atoms with Crippen LogP contribution in [0.4, 0.5) is 5.82 Å². The summed E-state index contributed by atoms with van der Waals surface area (Å²) in [5.41, 5.74) is 6.11. The van der Waals surface area contributed by atoms with Crippen LogP contribution in [0.1, 0.15) is 30.6 Å². The molecule has 0 aromatic carbocycles. The second-order valence-corrected chi connectivity index (χ2v) is 6.26. The van der Waals surface area contributed by atoms with E-state index in [-0.39, 0.29) is 17.8 Å². The Morgan fingerprint density at radius 1 is 1.67 bits per heavy atom. The number of nitrogens with zero attached hydrogens (tertiary/aromatic N) is 1. The first kappa shape index (κ1) is 15.3. The average molecular weight is 332 g/mol. The number of carbonyl (C=O) groups is 1. The highest BCUT2D eigenvalue weighted by Crippen LogP contribution is 2.15. The summed E-state index contributed by atoms with van der Waals surface area (Å²) in [7, 11) is 0. The van der Waals surface area contributed by atoms with Crippen molar-refractivity contribution in [3.05, 3.63) is 22.3 Å². The van der Waals surface area contributed by atoms with E-state index in [2.05, 4.69) is 33.2 Å². The van der Waals surface area contributed by atoms with Gasteiger partial charge in [-0.3, -0.25) is 4.79 Å². The molecule has 0 saturated carbocycles. The van der Waals surface area contributed by atoms with Crippen LogP contribution in [0.5, 0.6) is 0 Å². The molecule has 1 aromatic rings. The Kier molecular flexibility index (Phi) is 6.49. The van der Waals surface area contributed by atoms with E-state index < -0.39 is 0 Å². The number of amides is 1. The highest BCUT2D eigenvalue weighted by molar-refractivity contribution is 9.10. The van der Waals surface area contributed by atoms with E-state index in [4.69, 9.17) is 5.73 Å². The minimum atomic E-state index is -0.171. The lowest BCUT2D eigenvalue weighted by molar-refractivity contribution is 0.0940. The minimum absolute atomic E-state index is 0.134. The molecule has 1 unspecified atom stereocenters. The molecule has 0 bridgehead atoms. The van der Waals surface area contributed by atoms with Crippen molar-refractivity contribution in [2.24, 2.45) is 0 Å². The molecule has 0 fully saturated rings. The maximum Gasteiger partial charge on any atom is 0.255 e. The van der Waals surface area contributed by atoms with Crippen LogP contribution in [0.2, 0.25) is 0 Å². The molecule has 0 aliphatic heterocycles. The number of aromatic nitrogens is 1. The van der Waals surface area contributed by atoms with Gasteiger partial charge in [0.15, 0.2) is 0 Å². The van der Waals surface area contributed by atoms with E-state index >= 15 is 0 Å². The van der Waals surface area contributed by atoms with Crippen molar-refractivity contribution >= 4 is 39.4 Å². The topological polar surface area (TPSA) is 68.0 Å². The summed E-state index contributed by atoms with van der Waals surface area (Å²) in [5.74, 6) is 2.23. The summed E-state index contributed by atoms with van der Waals surface area (Å²) < 4.78 is 0.746. The Bertz CT molecular complexity index is 414. The number of pyridine rings is 1. The van der Waals surface area contributed by atoms with Crippen molar-refractivity contribution in [3.8, 4) is 0 Å². The molecule has 0 radical (unpaired) electrons. The predicted molar refractivity (Wildman–Crippen MR) is 80.9 cm³/mol. The predicted octanol–water partition coefficient (Wildman–Crippen LogP) is 2.69. The highest BCUT2D eigenvalue weighted by Gasteiger charge is 2.13. The average Bonchev–Trinajstić information content (AvgIpc) is 2.32. The molecular weight excluding hydrogens is 314 g/mol. The van der Waals surface area contributed by atoms with E-state index in [1.54, 1.807) is 12.3 Å². The molecule has 100 valence electrons. The monoisotopic (exact) mass is 331 g/mol. The van der Waals surface area contributed by atoms with Crippen molar-refractivity contribution < 1.29 is 4.79 Å². The third-order valence-corrected chi connectivity index (χ3v) is 3.77. The lowest BCUT2D eigenvalue weighted by atomic mass is 10.2. The van der Waals surface area contributed by atoms with Gasteiger partial charge in [0, 0.05) is 16.7 Å². The van der Waals surface area contributed by atoms with E-state index in [1.807, 2.05) is 18.7 Å². The minimum Gasteiger partial charge on any atom is -0.383 e. The fourth-order valence-corrected chi connectivity index (χ4v) is 2.55. The first-order valence-corrected chi connectivity index (χ1v) is 7.79. The molecule has 0 aliphatic rings. The maximum atomic E-state index is 12.0. The van der Waals surface area contributed by atoms with E-state index in [0.717, 1.165) is 22.4 Å². The Morgan fingerprint density at radius 2 is 2.39 bits per heavy atom. The molecule has 6 heteroatoms. The number of nitrogen functional groups attached to an aromatic ring is 1. The molecule has 18 heavy (non-hydrogen) atoms. The van der Waals surface area contributed by atoms with Gasteiger partial charge in [-0.05, 0) is 46.8 Å². The van der Waals surface area contributed by atoms with Gasteiger partial charge < -0.3 is 11.1 Å². The van der Waals surface area contributed by atoms with Gasteiger partial charge in [-0.1, -0.05) is 6.92 Å². The van der Waals surface area contributed by atoms with E-state index in [1.165, 1.54) is 0 Å². The Labute approximate surface area is 120 Å². The number of rotatable bonds is 6.